The highest BCUT2D eigenvalue weighted by Gasteiger charge is 2.19. The Hall–Kier alpha value is -2.94. The second kappa shape index (κ2) is 6.67. The molecule has 0 bridgehead atoms. The van der Waals surface area contributed by atoms with Gasteiger partial charge in [-0.1, -0.05) is 18.2 Å². The number of hydrogen-bond donors (Lipinski definition) is 2. The van der Waals surface area contributed by atoms with Crippen LogP contribution in [0.2, 0.25) is 0 Å². The van der Waals surface area contributed by atoms with Crippen LogP contribution in [0, 0.1) is 17.0 Å². The number of nitro benzene ring substituents is 1. The van der Waals surface area contributed by atoms with Gasteiger partial charge in [0.15, 0.2) is 0 Å². The van der Waals surface area contributed by atoms with Gasteiger partial charge >= 0.3 is 0 Å². The van der Waals surface area contributed by atoms with E-state index in [2.05, 4.69) is 9.93 Å². The van der Waals surface area contributed by atoms with Crippen molar-refractivity contribution in [2.45, 2.75) is 18.7 Å². The summed E-state index contributed by atoms with van der Waals surface area (Å²) >= 11 is 0. The van der Waals surface area contributed by atoms with Crippen molar-refractivity contribution in [2.24, 2.45) is 5.10 Å². The number of nitro groups is 1. The largest absolute Gasteiger partial charge is 0.399 e. The first kappa shape index (κ1) is 17.4. The second-order valence-electron chi connectivity index (χ2n) is 5.12. The van der Waals surface area contributed by atoms with E-state index in [0.717, 1.165) is 6.07 Å². The molecule has 0 fully saturated rings. The van der Waals surface area contributed by atoms with Crippen molar-refractivity contribution in [1.29, 1.82) is 0 Å². The Balaban J connectivity index is 2.28. The van der Waals surface area contributed by atoms with Crippen molar-refractivity contribution in [3.05, 3.63) is 63.7 Å². The first-order valence-electron chi connectivity index (χ1n) is 6.88. The molecule has 0 radical (unpaired) electrons. The van der Waals surface area contributed by atoms with E-state index in [0.29, 0.717) is 22.5 Å². The molecule has 0 amide bonds. The molecule has 9 heteroatoms. The zero-order valence-electron chi connectivity index (χ0n) is 13.1. The van der Waals surface area contributed by atoms with E-state index < -0.39 is 14.9 Å². The van der Waals surface area contributed by atoms with Gasteiger partial charge in [0.05, 0.1) is 15.5 Å². The molecule has 0 aromatic heterocycles. The van der Waals surface area contributed by atoms with Gasteiger partial charge in [-0.25, -0.2) is 0 Å². The molecule has 0 aliphatic rings. The number of hydrazone groups is 1. The van der Waals surface area contributed by atoms with Crippen LogP contribution in [-0.2, 0) is 10.0 Å². The molecule has 126 valence electrons. The number of nitrogens with two attached hydrogens (primary N) is 1. The summed E-state index contributed by atoms with van der Waals surface area (Å²) in [7, 11) is -4.01. The molecule has 0 saturated carbocycles. The van der Waals surface area contributed by atoms with E-state index in [9.17, 15) is 18.5 Å². The predicted octanol–water partition coefficient (Wildman–Crippen LogP) is 2.19. The highest BCUT2D eigenvalue weighted by atomic mass is 32.2. The summed E-state index contributed by atoms with van der Waals surface area (Å²) in [5.74, 6) is 0. The van der Waals surface area contributed by atoms with Crippen molar-refractivity contribution in [3.8, 4) is 0 Å². The minimum absolute atomic E-state index is 0.228. The predicted molar refractivity (Wildman–Crippen MR) is 91.2 cm³/mol. The van der Waals surface area contributed by atoms with Crippen LogP contribution in [0.3, 0.4) is 0 Å². The standard InChI is InChI=1S/C15H16N4O4S/c1-10-3-8-14(9-15(10)19(20)21)24(22,23)18-17-11(2)12-4-6-13(16)7-5-12/h3-9,18H,16H2,1-2H3/b17-11+. The third kappa shape index (κ3) is 3.87. The number of sulfonamides is 1. The summed E-state index contributed by atoms with van der Waals surface area (Å²) in [4.78, 5) is 12.2. The van der Waals surface area contributed by atoms with Crippen LogP contribution in [0.4, 0.5) is 11.4 Å². The van der Waals surface area contributed by atoms with Gasteiger partial charge in [0.1, 0.15) is 0 Å². The zero-order valence-corrected chi connectivity index (χ0v) is 13.9. The Bertz CT molecular complexity index is 906. The molecule has 2 rings (SSSR count). The molecular weight excluding hydrogens is 332 g/mol. The van der Waals surface area contributed by atoms with E-state index in [-0.39, 0.29) is 10.6 Å². The van der Waals surface area contributed by atoms with Crippen LogP contribution in [0.5, 0.6) is 0 Å². The molecule has 0 spiro atoms. The average molecular weight is 348 g/mol. The Morgan fingerprint density at radius 3 is 2.42 bits per heavy atom. The van der Waals surface area contributed by atoms with Crippen LogP contribution in [0.15, 0.2) is 52.5 Å². The molecular formula is C15H16N4O4S. The van der Waals surface area contributed by atoms with Crippen molar-refractivity contribution in [1.82, 2.24) is 4.83 Å². The highest BCUT2D eigenvalue weighted by Crippen LogP contribution is 2.22. The van der Waals surface area contributed by atoms with E-state index in [4.69, 9.17) is 5.73 Å². The molecule has 0 saturated heterocycles. The number of aryl methyl sites for hydroxylation is 1. The lowest BCUT2D eigenvalue weighted by Gasteiger charge is -2.06. The molecule has 2 aromatic carbocycles. The van der Waals surface area contributed by atoms with E-state index in [1.165, 1.54) is 19.1 Å². The van der Waals surface area contributed by atoms with Crippen LogP contribution in [0.1, 0.15) is 18.1 Å². The van der Waals surface area contributed by atoms with E-state index in [1.54, 1.807) is 31.2 Å². The Labute approximate surface area is 139 Å². The molecule has 3 N–H and O–H groups in total. The minimum Gasteiger partial charge on any atom is -0.399 e. The van der Waals surface area contributed by atoms with Crippen LogP contribution < -0.4 is 10.6 Å². The Morgan fingerprint density at radius 2 is 1.83 bits per heavy atom. The first-order valence-corrected chi connectivity index (χ1v) is 8.36. The van der Waals surface area contributed by atoms with Crippen LogP contribution >= 0.6 is 0 Å². The van der Waals surface area contributed by atoms with Gasteiger partial charge in [-0.05, 0) is 37.6 Å². The molecule has 2 aromatic rings. The van der Waals surface area contributed by atoms with Gasteiger partial charge in [-0.2, -0.15) is 18.4 Å². The number of benzene rings is 2. The number of nitrogens with one attached hydrogen (secondary N) is 1. The smallest absolute Gasteiger partial charge is 0.276 e. The third-order valence-electron chi connectivity index (χ3n) is 3.35. The lowest BCUT2D eigenvalue weighted by atomic mass is 10.1. The van der Waals surface area contributed by atoms with Crippen molar-refractivity contribution >= 4 is 27.1 Å². The number of anilines is 1. The van der Waals surface area contributed by atoms with Gasteiger partial charge in [-0.3, -0.25) is 10.1 Å². The van der Waals surface area contributed by atoms with Crippen LogP contribution in [0.25, 0.3) is 0 Å². The van der Waals surface area contributed by atoms with Gasteiger partial charge in [0.2, 0.25) is 0 Å². The SMILES string of the molecule is C/C(=N\NS(=O)(=O)c1ccc(C)c([N+](=O)[O-])c1)c1ccc(N)cc1. The van der Waals surface area contributed by atoms with Crippen molar-refractivity contribution < 1.29 is 13.3 Å². The summed E-state index contributed by atoms with van der Waals surface area (Å²) in [6.45, 7) is 3.16. The minimum atomic E-state index is -4.01. The molecule has 0 atom stereocenters. The molecule has 0 unspecified atom stereocenters. The monoisotopic (exact) mass is 348 g/mol. The Kier molecular flexibility index (Phi) is 4.84. The molecule has 0 heterocycles. The fraction of sp³-hybridized carbons (Fsp3) is 0.133. The van der Waals surface area contributed by atoms with Gasteiger partial charge in [0, 0.05) is 17.3 Å². The zero-order chi connectivity index (χ0) is 17.9. The summed E-state index contributed by atoms with van der Waals surface area (Å²) in [5, 5.41) is 14.8. The highest BCUT2D eigenvalue weighted by molar-refractivity contribution is 7.89. The number of rotatable bonds is 5. The van der Waals surface area contributed by atoms with E-state index >= 15 is 0 Å². The number of nitrogens with zero attached hydrogens (tertiary/aromatic N) is 2. The summed E-state index contributed by atoms with van der Waals surface area (Å²) in [6.07, 6.45) is 0. The lowest BCUT2D eigenvalue weighted by molar-refractivity contribution is -0.385. The number of nitrogen functional groups attached to an aromatic ring is 1. The fourth-order valence-electron chi connectivity index (χ4n) is 1.92. The second-order valence-corrected chi connectivity index (χ2v) is 6.78. The Morgan fingerprint density at radius 1 is 1.21 bits per heavy atom. The number of hydrogen-bond acceptors (Lipinski definition) is 6. The summed E-state index contributed by atoms with van der Waals surface area (Å²) < 4.78 is 24.5. The topological polar surface area (TPSA) is 128 Å². The maximum Gasteiger partial charge on any atom is 0.276 e. The average Bonchev–Trinajstić information content (AvgIpc) is 2.53. The summed E-state index contributed by atoms with van der Waals surface area (Å²) in [5.41, 5.74) is 7.41. The fourth-order valence-corrected chi connectivity index (χ4v) is 2.80. The lowest BCUT2D eigenvalue weighted by Crippen LogP contribution is -2.20. The normalized spacial score (nSPS) is 12.0. The third-order valence-corrected chi connectivity index (χ3v) is 4.56. The van der Waals surface area contributed by atoms with Gasteiger partial charge in [0.25, 0.3) is 15.7 Å². The van der Waals surface area contributed by atoms with Gasteiger partial charge in [-0.15, -0.1) is 0 Å². The maximum atomic E-state index is 12.2. The molecule has 0 aliphatic carbocycles. The maximum absolute atomic E-state index is 12.2. The molecule has 8 nitrogen and oxygen atoms in total. The molecule has 0 aliphatic heterocycles. The first-order chi connectivity index (χ1) is 11.2. The van der Waals surface area contributed by atoms with Crippen molar-refractivity contribution in [2.75, 3.05) is 5.73 Å². The van der Waals surface area contributed by atoms with Gasteiger partial charge < -0.3 is 5.73 Å². The molecule has 24 heavy (non-hydrogen) atoms. The van der Waals surface area contributed by atoms with Crippen molar-refractivity contribution in [3.63, 3.8) is 0 Å². The summed E-state index contributed by atoms with van der Waals surface area (Å²) in [6, 6.07) is 10.4. The van der Waals surface area contributed by atoms with E-state index in [1.807, 2.05) is 0 Å². The van der Waals surface area contributed by atoms with Crippen LogP contribution in [-0.4, -0.2) is 19.1 Å². The quantitative estimate of drug-likeness (QED) is 0.370.